The molecule has 0 atom stereocenters. The van der Waals surface area contributed by atoms with Crippen LogP contribution in [0.5, 0.6) is 0 Å². The van der Waals surface area contributed by atoms with Crippen LogP contribution in [0.4, 0.5) is 0 Å². The molecule has 0 fully saturated rings. The molecule has 0 saturated carbocycles. The fraction of sp³-hybridized carbons (Fsp3) is 0.100. The second-order valence-electron chi connectivity index (χ2n) is 6.24. The van der Waals surface area contributed by atoms with E-state index in [-0.39, 0.29) is 0 Å². The Morgan fingerprint density at radius 1 is 0.923 bits per heavy atom. The third-order valence-corrected chi connectivity index (χ3v) is 4.53. The Morgan fingerprint density at radius 2 is 1.73 bits per heavy atom. The van der Waals surface area contributed by atoms with Gasteiger partial charge < -0.3 is 4.57 Å². The summed E-state index contributed by atoms with van der Waals surface area (Å²) in [6.07, 6.45) is 3.69. The minimum atomic E-state index is 0.733. The molecule has 5 rings (SSSR count). The Hall–Kier alpha value is -3.54. The van der Waals surface area contributed by atoms with Crippen LogP contribution < -0.4 is 0 Å². The van der Waals surface area contributed by atoms with Crippen LogP contribution >= 0.6 is 0 Å². The lowest BCUT2D eigenvalue weighted by Crippen LogP contribution is -2.04. The van der Waals surface area contributed by atoms with E-state index in [0.29, 0.717) is 0 Å². The first kappa shape index (κ1) is 14.8. The van der Waals surface area contributed by atoms with Gasteiger partial charge in [0.05, 0.1) is 17.2 Å². The number of aryl methyl sites for hydroxylation is 1. The predicted octanol–water partition coefficient (Wildman–Crippen LogP) is 3.50. The Bertz CT molecular complexity index is 1220. The fourth-order valence-electron chi connectivity index (χ4n) is 3.23. The van der Waals surface area contributed by atoms with Crippen LogP contribution in [0.25, 0.3) is 28.2 Å². The molecule has 126 valence electrons. The first-order chi connectivity index (χ1) is 12.8. The normalized spacial score (nSPS) is 11.4. The number of nitrogens with zero attached hydrogens (tertiary/aromatic N) is 6. The molecule has 3 heterocycles. The topological polar surface area (TPSA) is 60.9 Å². The van der Waals surface area contributed by atoms with E-state index in [1.165, 1.54) is 5.56 Å². The molecular formula is C20H16N6. The zero-order chi connectivity index (χ0) is 17.5. The smallest absolute Gasteiger partial charge is 0.179 e. The van der Waals surface area contributed by atoms with Gasteiger partial charge in [-0.1, -0.05) is 42.5 Å². The standard InChI is InChI=1S/C20H16N6/c1-14-23-24-19-11-21-17(13-25(14)19)20-22-16-9-5-6-10-18(16)26(20)12-15-7-3-2-4-8-15/h2-11,13H,12H2,1H3. The van der Waals surface area contributed by atoms with Crippen molar-refractivity contribution in [3.63, 3.8) is 0 Å². The summed E-state index contributed by atoms with van der Waals surface area (Å²) in [5.41, 5.74) is 4.80. The van der Waals surface area contributed by atoms with Crippen molar-refractivity contribution in [1.29, 1.82) is 0 Å². The second kappa shape index (κ2) is 5.77. The van der Waals surface area contributed by atoms with Crippen molar-refractivity contribution in [2.24, 2.45) is 0 Å². The SMILES string of the molecule is Cc1nnc2cnc(-c3nc4ccccc4n3Cc3ccccc3)cn12. The number of benzene rings is 2. The lowest BCUT2D eigenvalue weighted by molar-refractivity contribution is 0.828. The van der Waals surface area contributed by atoms with Gasteiger partial charge in [0.25, 0.3) is 0 Å². The van der Waals surface area contributed by atoms with Gasteiger partial charge in [-0.25, -0.2) is 9.97 Å². The van der Waals surface area contributed by atoms with Gasteiger partial charge in [-0.15, -0.1) is 10.2 Å². The summed E-state index contributed by atoms with van der Waals surface area (Å²) in [5, 5.41) is 8.22. The highest BCUT2D eigenvalue weighted by Crippen LogP contribution is 2.25. The van der Waals surface area contributed by atoms with E-state index < -0.39 is 0 Å². The average Bonchev–Trinajstić information content (AvgIpc) is 3.24. The zero-order valence-corrected chi connectivity index (χ0v) is 14.2. The second-order valence-corrected chi connectivity index (χ2v) is 6.24. The lowest BCUT2D eigenvalue weighted by Gasteiger charge is -2.09. The van der Waals surface area contributed by atoms with Crippen LogP contribution in [0, 0.1) is 6.92 Å². The molecule has 0 spiro atoms. The molecule has 0 aliphatic heterocycles. The third kappa shape index (κ3) is 2.35. The van der Waals surface area contributed by atoms with E-state index in [4.69, 9.17) is 4.98 Å². The first-order valence-corrected chi connectivity index (χ1v) is 8.46. The number of aromatic nitrogens is 6. The molecule has 6 nitrogen and oxygen atoms in total. The van der Waals surface area contributed by atoms with E-state index in [1.807, 2.05) is 41.8 Å². The summed E-state index contributed by atoms with van der Waals surface area (Å²) < 4.78 is 4.15. The highest BCUT2D eigenvalue weighted by atomic mass is 15.2. The van der Waals surface area contributed by atoms with Crippen LogP contribution in [-0.2, 0) is 6.54 Å². The molecule has 5 aromatic rings. The van der Waals surface area contributed by atoms with Crippen molar-refractivity contribution < 1.29 is 0 Å². The molecule has 6 heteroatoms. The summed E-state index contributed by atoms with van der Waals surface area (Å²) in [6, 6.07) is 18.6. The number of rotatable bonds is 3. The average molecular weight is 340 g/mol. The molecule has 0 N–H and O–H groups in total. The maximum Gasteiger partial charge on any atom is 0.179 e. The highest BCUT2D eigenvalue weighted by molar-refractivity contribution is 5.80. The van der Waals surface area contributed by atoms with Crippen LogP contribution in [0.2, 0.25) is 0 Å². The lowest BCUT2D eigenvalue weighted by atomic mass is 10.2. The van der Waals surface area contributed by atoms with Crippen molar-refractivity contribution >= 4 is 16.7 Å². The number of imidazole rings is 1. The Morgan fingerprint density at radius 3 is 2.62 bits per heavy atom. The molecule has 26 heavy (non-hydrogen) atoms. The van der Waals surface area contributed by atoms with E-state index in [1.54, 1.807) is 6.20 Å². The van der Waals surface area contributed by atoms with Gasteiger partial charge in [-0.2, -0.15) is 0 Å². The molecular weight excluding hydrogens is 324 g/mol. The highest BCUT2D eigenvalue weighted by Gasteiger charge is 2.15. The number of hydrogen-bond acceptors (Lipinski definition) is 4. The van der Waals surface area contributed by atoms with Crippen molar-refractivity contribution in [1.82, 2.24) is 29.1 Å². The predicted molar refractivity (Wildman–Crippen MR) is 99.8 cm³/mol. The maximum absolute atomic E-state index is 4.85. The monoisotopic (exact) mass is 340 g/mol. The van der Waals surface area contributed by atoms with Gasteiger partial charge in [0.2, 0.25) is 0 Å². The summed E-state index contributed by atoms with van der Waals surface area (Å²) in [5.74, 6) is 1.67. The Kier molecular flexibility index (Phi) is 3.28. The van der Waals surface area contributed by atoms with Crippen molar-refractivity contribution in [2.45, 2.75) is 13.5 Å². The van der Waals surface area contributed by atoms with Crippen molar-refractivity contribution in [2.75, 3.05) is 0 Å². The molecule has 2 aromatic carbocycles. The number of fused-ring (bicyclic) bond motifs is 2. The van der Waals surface area contributed by atoms with Gasteiger partial charge in [-0.3, -0.25) is 4.40 Å². The van der Waals surface area contributed by atoms with Gasteiger partial charge in [0.1, 0.15) is 11.5 Å². The van der Waals surface area contributed by atoms with Crippen LogP contribution in [0.15, 0.2) is 67.0 Å². The molecule has 0 saturated heterocycles. The summed E-state index contributed by atoms with van der Waals surface area (Å²) in [7, 11) is 0. The third-order valence-electron chi connectivity index (χ3n) is 4.53. The van der Waals surface area contributed by atoms with Gasteiger partial charge in [0, 0.05) is 12.7 Å². The van der Waals surface area contributed by atoms with Gasteiger partial charge >= 0.3 is 0 Å². The molecule has 3 aromatic heterocycles. The van der Waals surface area contributed by atoms with E-state index >= 15 is 0 Å². The molecule has 0 aliphatic rings. The molecule has 0 unspecified atom stereocenters. The minimum Gasteiger partial charge on any atom is -0.318 e. The van der Waals surface area contributed by atoms with Crippen LogP contribution in [-0.4, -0.2) is 29.1 Å². The van der Waals surface area contributed by atoms with Crippen molar-refractivity contribution in [3.8, 4) is 11.5 Å². The van der Waals surface area contributed by atoms with Crippen LogP contribution in [0.1, 0.15) is 11.4 Å². The van der Waals surface area contributed by atoms with Gasteiger partial charge in [0.15, 0.2) is 11.5 Å². The summed E-state index contributed by atoms with van der Waals surface area (Å²) in [4.78, 5) is 9.43. The van der Waals surface area contributed by atoms with E-state index in [2.05, 4.69) is 50.1 Å². The maximum atomic E-state index is 4.85. The quantitative estimate of drug-likeness (QED) is 0.504. The zero-order valence-electron chi connectivity index (χ0n) is 14.2. The fourth-order valence-corrected chi connectivity index (χ4v) is 3.23. The van der Waals surface area contributed by atoms with Gasteiger partial charge in [-0.05, 0) is 24.6 Å². The number of para-hydroxylation sites is 2. The van der Waals surface area contributed by atoms with Crippen molar-refractivity contribution in [3.05, 3.63) is 78.4 Å². The van der Waals surface area contributed by atoms with E-state index in [9.17, 15) is 0 Å². The van der Waals surface area contributed by atoms with Crippen LogP contribution in [0.3, 0.4) is 0 Å². The molecule has 0 bridgehead atoms. The summed E-state index contributed by atoms with van der Waals surface area (Å²) >= 11 is 0. The Labute approximate surface area is 149 Å². The largest absolute Gasteiger partial charge is 0.318 e. The minimum absolute atomic E-state index is 0.733. The summed E-state index contributed by atoms with van der Waals surface area (Å²) in [6.45, 7) is 2.66. The number of hydrogen-bond donors (Lipinski definition) is 0. The molecule has 0 amide bonds. The molecule has 0 radical (unpaired) electrons. The first-order valence-electron chi connectivity index (χ1n) is 8.46. The molecule has 0 aliphatic carbocycles. The Balaban J connectivity index is 1.73. The van der Waals surface area contributed by atoms with E-state index in [0.717, 1.165) is 40.6 Å².